The van der Waals surface area contributed by atoms with E-state index in [4.69, 9.17) is 0 Å². The van der Waals surface area contributed by atoms with Gasteiger partial charge >= 0.3 is 0 Å². The summed E-state index contributed by atoms with van der Waals surface area (Å²) < 4.78 is 0. The molecule has 1 aromatic heterocycles. The van der Waals surface area contributed by atoms with Gasteiger partial charge in [0.05, 0.1) is 4.88 Å². The number of hydrogen-bond acceptors (Lipinski definition) is 2. The summed E-state index contributed by atoms with van der Waals surface area (Å²) >= 11 is 1.57. The van der Waals surface area contributed by atoms with Crippen molar-refractivity contribution in [3.05, 3.63) is 57.3 Å². The van der Waals surface area contributed by atoms with Gasteiger partial charge in [-0.05, 0) is 36.6 Å². The van der Waals surface area contributed by atoms with E-state index in [1.807, 2.05) is 19.1 Å². The van der Waals surface area contributed by atoms with Crippen LogP contribution in [0.3, 0.4) is 0 Å². The van der Waals surface area contributed by atoms with Gasteiger partial charge in [-0.15, -0.1) is 11.3 Å². The number of benzene rings is 1. The number of carbonyl (C=O) groups excluding carboxylic acids is 1. The molecule has 0 fully saturated rings. The second kappa shape index (κ2) is 5.28. The smallest absolute Gasteiger partial charge is 0.177 e. The van der Waals surface area contributed by atoms with Gasteiger partial charge in [0, 0.05) is 11.3 Å². The fraction of sp³-hybridized carbons (Fsp3) is 0.267. The molecule has 17 heavy (non-hydrogen) atoms. The fourth-order valence-corrected chi connectivity index (χ4v) is 2.55. The highest BCUT2D eigenvalue weighted by atomic mass is 32.1. The molecule has 1 aromatic carbocycles. The maximum absolute atomic E-state index is 12.0. The van der Waals surface area contributed by atoms with E-state index in [9.17, 15) is 4.79 Å². The monoisotopic (exact) mass is 244 g/mol. The SMILES string of the molecule is CCc1ccc(CC(=O)c2ccc(C)s2)cc1. The first kappa shape index (κ1) is 12.1. The van der Waals surface area contributed by atoms with Crippen molar-refractivity contribution >= 4 is 17.1 Å². The predicted octanol–water partition coefficient (Wildman–Crippen LogP) is 4.04. The molecule has 0 bridgehead atoms. The van der Waals surface area contributed by atoms with Crippen LogP contribution >= 0.6 is 11.3 Å². The van der Waals surface area contributed by atoms with Crippen molar-refractivity contribution in [2.24, 2.45) is 0 Å². The molecule has 0 atom stereocenters. The van der Waals surface area contributed by atoms with Crippen molar-refractivity contribution in [3.8, 4) is 0 Å². The van der Waals surface area contributed by atoms with Crippen LogP contribution in [0.4, 0.5) is 0 Å². The predicted molar refractivity (Wildman–Crippen MR) is 72.9 cm³/mol. The quantitative estimate of drug-likeness (QED) is 0.742. The third-order valence-electron chi connectivity index (χ3n) is 2.81. The Balaban J connectivity index is 2.07. The van der Waals surface area contributed by atoms with Crippen molar-refractivity contribution in [2.75, 3.05) is 0 Å². The molecule has 0 saturated carbocycles. The summed E-state index contributed by atoms with van der Waals surface area (Å²) in [5.74, 6) is 0.215. The van der Waals surface area contributed by atoms with Crippen LogP contribution in [0.15, 0.2) is 36.4 Å². The Kier molecular flexibility index (Phi) is 3.75. The van der Waals surface area contributed by atoms with Crippen molar-refractivity contribution in [1.29, 1.82) is 0 Å². The normalized spacial score (nSPS) is 10.5. The topological polar surface area (TPSA) is 17.1 Å². The van der Waals surface area contributed by atoms with E-state index >= 15 is 0 Å². The molecule has 0 unspecified atom stereocenters. The Hall–Kier alpha value is -1.41. The second-order valence-corrected chi connectivity index (χ2v) is 5.47. The lowest BCUT2D eigenvalue weighted by atomic mass is 10.1. The minimum Gasteiger partial charge on any atom is -0.293 e. The number of rotatable bonds is 4. The summed E-state index contributed by atoms with van der Waals surface area (Å²) in [6.45, 7) is 4.16. The first-order valence-corrected chi connectivity index (χ1v) is 6.68. The van der Waals surface area contributed by atoms with E-state index in [0.717, 1.165) is 16.9 Å². The van der Waals surface area contributed by atoms with Gasteiger partial charge < -0.3 is 0 Å². The summed E-state index contributed by atoms with van der Waals surface area (Å²) in [4.78, 5) is 14.0. The van der Waals surface area contributed by atoms with E-state index in [1.165, 1.54) is 10.4 Å². The van der Waals surface area contributed by atoms with Crippen LogP contribution in [0.5, 0.6) is 0 Å². The van der Waals surface area contributed by atoms with Crippen molar-refractivity contribution in [3.63, 3.8) is 0 Å². The van der Waals surface area contributed by atoms with Crippen LogP contribution in [0.25, 0.3) is 0 Å². The average Bonchev–Trinajstić information content (AvgIpc) is 2.77. The second-order valence-electron chi connectivity index (χ2n) is 4.18. The van der Waals surface area contributed by atoms with Gasteiger partial charge in [-0.1, -0.05) is 31.2 Å². The molecular formula is C15H16OS. The van der Waals surface area contributed by atoms with Crippen LogP contribution in [-0.2, 0) is 12.8 Å². The Morgan fingerprint density at radius 2 is 1.71 bits per heavy atom. The van der Waals surface area contributed by atoms with Crippen molar-refractivity contribution < 1.29 is 4.79 Å². The number of thiophene rings is 1. The maximum Gasteiger partial charge on any atom is 0.177 e. The first-order valence-electron chi connectivity index (χ1n) is 5.86. The van der Waals surface area contributed by atoms with Gasteiger partial charge in [-0.25, -0.2) is 0 Å². The lowest BCUT2D eigenvalue weighted by Crippen LogP contribution is -2.01. The summed E-state index contributed by atoms with van der Waals surface area (Å²) in [6.07, 6.45) is 1.54. The lowest BCUT2D eigenvalue weighted by Gasteiger charge is -2.01. The molecule has 1 heterocycles. The van der Waals surface area contributed by atoms with Crippen molar-refractivity contribution in [1.82, 2.24) is 0 Å². The molecule has 0 saturated heterocycles. The Labute approximate surface area is 106 Å². The minimum atomic E-state index is 0.215. The number of Topliss-reactive ketones (excluding diaryl/α,β-unsaturated/α-hetero) is 1. The molecule has 0 radical (unpaired) electrons. The van der Waals surface area contributed by atoms with Gasteiger partial charge in [0.25, 0.3) is 0 Å². The number of carbonyl (C=O) groups is 1. The summed E-state index contributed by atoms with van der Waals surface area (Å²) in [6, 6.07) is 12.2. The van der Waals surface area contributed by atoms with E-state index in [1.54, 1.807) is 11.3 Å². The summed E-state index contributed by atoms with van der Waals surface area (Å²) in [5.41, 5.74) is 2.41. The van der Waals surface area contributed by atoms with E-state index in [2.05, 4.69) is 31.2 Å². The van der Waals surface area contributed by atoms with Crippen LogP contribution in [0.2, 0.25) is 0 Å². The van der Waals surface area contributed by atoms with E-state index in [-0.39, 0.29) is 5.78 Å². The Morgan fingerprint density at radius 1 is 1.06 bits per heavy atom. The first-order chi connectivity index (χ1) is 8.19. The molecule has 0 aliphatic carbocycles. The zero-order valence-corrected chi connectivity index (χ0v) is 11.0. The van der Waals surface area contributed by atoms with Crippen molar-refractivity contribution in [2.45, 2.75) is 26.7 Å². The van der Waals surface area contributed by atoms with Crippen LogP contribution < -0.4 is 0 Å². The Bertz CT molecular complexity index is 508. The van der Waals surface area contributed by atoms with Gasteiger partial charge in [-0.3, -0.25) is 4.79 Å². The molecule has 0 aliphatic heterocycles. The van der Waals surface area contributed by atoms with E-state index < -0.39 is 0 Å². The van der Waals surface area contributed by atoms with Crippen LogP contribution in [-0.4, -0.2) is 5.78 Å². The van der Waals surface area contributed by atoms with Gasteiger partial charge in [0.1, 0.15) is 0 Å². The highest BCUT2D eigenvalue weighted by Crippen LogP contribution is 2.17. The van der Waals surface area contributed by atoms with Crippen LogP contribution in [0.1, 0.15) is 32.6 Å². The summed E-state index contributed by atoms with van der Waals surface area (Å²) in [5, 5.41) is 0. The zero-order chi connectivity index (χ0) is 12.3. The van der Waals surface area contributed by atoms with Gasteiger partial charge in [0.2, 0.25) is 0 Å². The highest BCUT2D eigenvalue weighted by Gasteiger charge is 2.08. The molecular weight excluding hydrogens is 228 g/mol. The molecule has 2 heteroatoms. The zero-order valence-electron chi connectivity index (χ0n) is 10.2. The highest BCUT2D eigenvalue weighted by molar-refractivity contribution is 7.14. The third-order valence-corrected chi connectivity index (χ3v) is 3.85. The minimum absolute atomic E-state index is 0.215. The lowest BCUT2D eigenvalue weighted by molar-refractivity contribution is 0.0997. The number of hydrogen-bond donors (Lipinski definition) is 0. The average molecular weight is 244 g/mol. The van der Waals surface area contributed by atoms with Crippen LogP contribution in [0, 0.1) is 6.92 Å². The Morgan fingerprint density at radius 3 is 2.24 bits per heavy atom. The largest absolute Gasteiger partial charge is 0.293 e. The molecule has 2 aromatic rings. The summed E-state index contributed by atoms with van der Waals surface area (Å²) in [7, 11) is 0. The molecule has 0 spiro atoms. The third kappa shape index (κ3) is 3.04. The maximum atomic E-state index is 12.0. The number of ketones is 1. The molecule has 2 rings (SSSR count). The fourth-order valence-electron chi connectivity index (χ4n) is 1.75. The molecule has 0 amide bonds. The molecule has 88 valence electrons. The molecule has 1 nitrogen and oxygen atoms in total. The van der Waals surface area contributed by atoms with Gasteiger partial charge in [0.15, 0.2) is 5.78 Å². The van der Waals surface area contributed by atoms with E-state index in [0.29, 0.717) is 6.42 Å². The molecule has 0 aliphatic rings. The number of aryl methyl sites for hydroxylation is 2. The van der Waals surface area contributed by atoms with Gasteiger partial charge in [-0.2, -0.15) is 0 Å². The molecule has 0 N–H and O–H groups in total. The standard InChI is InChI=1S/C15H16OS/c1-3-12-5-7-13(8-6-12)10-14(16)15-9-4-11(2)17-15/h4-9H,3,10H2,1-2H3.